The van der Waals surface area contributed by atoms with Crippen LogP contribution in [0.2, 0.25) is 0 Å². The van der Waals surface area contributed by atoms with Crippen molar-refractivity contribution in [3.05, 3.63) is 12.3 Å². The Balaban J connectivity index is 3.08. The van der Waals surface area contributed by atoms with Crippen molar-refractivity contribution in [2.45, 2.75) is 39.0 Å². The summed E-state index contributed by atoms with van der Waals surface area (Å²) in [6.07, 6.45) is 5.85. The van der Waals surface area contributed by atoms with Gasteiger partial charge in [-0.25, -0.2) is 0 Å². The number of hydrogen-bond donors (Lipinski definition) is 2. The molecule has 0 saturated carbocycles. The Morgan fingerprint density at radius 2 is 2.08 bits per heavy atom. The van der Waals surface area contributed by atoms with Crippen LogP contribution in [-0.4, -0.2) is 13.1 Å². The van der Waals surface area contributed by atoms with Crippen molar-refractivity contribution >= 4 is 0 Å². The van der Waals surface area contributed by atoms with Crippen molar-refractivity contribution in [1.82, 2.24) is 5.32 Å². The maximum absolute atomic E-state index is 5.39. The zero-order valence-corrected chi connectivity index (χ0v) is 8.23. The van der Waals surface area contributed by atoms with Crippen LogP contribution in [0, 0.1) is 0 Å². The molecule has 0 rings (SSSR count). The fourth-order valence-corrected chi connectivity index (χ4v) is 1.05. The normalized spacial score (nSPS) is 9.83. The lowest BCUT2D eigenvalue weighted by Gasteiger charge is -2.07. The molecule has 0 spiro atoms. The van der Waals surface area contributed by atoms with Gasteiger partial charge in [0, 0.05) is 12.2 Å². The molecule has 0 fully saturated rings. The number of allylic oxidation sites excluding steroid dienone is 1. The predicted octanol–water partition coefficient (Wildman–Crippen LogP) is 2.02. The number of nitrogens with one attached hydrogen (secondary N) is 1. The molecule has 3 N–H and O–H groups in total. The molecular formula is C10H22N2. The molecule has 0 aromatic carbocycles. The average Bonchev–Trinajstić information content (AvgIpc) is 2.09. The van der Waals surface area contributed by atoms with Gasteiger partial charge in [0.1, 0.15) is 0 Å². The van der Waals surface area contributed by atoms with Gasteiger partial charge in [-0.15, -0.1) is 0 Å². The van der Waals surface area contributed by atoms with E-state index in [0.717, 1.165) is 25.9 Å². The third-order valence-electron chi connectivity index (χ3n) is 1.81. The van der Waals surface area contributed by atoms with E-state index in [2.05, 4.69) is 18.8 Å². The molecule has 0 aromatic heterocycles. The van der Waals surface area contributed by atoms with Crippen molar-refractivity contribution in [2.24, 2.45) is 5.73 Å². The molecule has 0 amide bonds. The van der Waals surface area contributed by atoms with Crippen molar-refractivity contribution in [2.75, 3.05) is 13.1 Å². The fraction of sp³-hybridized carbons (Fsp3) is 0.800. The van der Waals surface area contributed by atoms with E-state index in [9.17, 15) is 0 Å². The highest BCUT2D eigenvalue weighted by Gasteiger charge is 1.92. The molecule has 0 bridgehead atoms. The van der Waals surface area contributed by atoms with Crippen LogP contribution in [0.1, 0.15) is 39.0 Å². The highest BCUT2D eigenvalue weighted by molar-refractivity contribution is 4.90. The van der Waals surface area contributed by atoms with Crippen LogP contribution in [0.3, 0.4) is 0 Å². The lowest BCUT2D eigenvalue weighted by Crippen LogP contribution is -2.12. The summed E-state index contributed by atoms with van der Waals surface area (Å²) in [5.74, 6) is 0. The first-order chi connectivity index (χ1) is 5.81. The SMILES string of the molecule is C=C(CCCCCN)NCCC. The maximum Gasteiger partial charge on any atom is 0.0141 e. The second-order valence-corrected chi connectivity index (χ2v) is 3.13. The van der Waals surface area contributed by atoms with Crippen molar-refractivity contribution < 1.29 is 0 Å². The quantitative estimate of drug-likeness (QED) is 0.547. The third-order valence-corrected chi connectivity index (χ3v) is 1.81. The van der Waals surface area contributed by atoms with Crippen LogP contribution in [0.4, 0.5) is 0 Å². The lowest BCUT2D eigenvalue weighted by atomic mass is 10.1. The molecule has 0 atom stereocenters. The summed E-state index contributed by atoms with van der Waals surface area (Å²) in [4.78, 5) is 0. The summed E-state index contributed by atoms with van der Waals surface area (Å²) in [6, 6.07) is 0. The largest absolute Gasteiger partial charge is 0.389 e. The van der Waals surface area contributed by atoms with Crippen LogP contribution in [0.15, 0.2) is 12.3 Å². The summed E-state index contributed by atoms with van der Waals surface area (Å²) in [5.41, 5.74) is 6.56. The van der Waals surface area contributed by atoms with Crippen molar-refractivity contribution in [1.29, 1.82) is 0 Å². The fourth-order valence-electron chi connectivity index (χ4n) is 1.05. The minimum Gasteiger partial charge on any atom is -0.389 e. The lowest BCUT2D eigenvalue weighted by molar-refractivity contribution is 0.647. The van der Waals surface area contributed by atoms with Gasteiger partial charge in [-0.3, -0.25) is 0 Å². The van der Waals surface area contributed by atoms with Crippen molar-refractivity contribution in [3.8, 4) is 0 Å². The van der Waals surface area contributed by atoms with E-state index < -0.39 is 0 Å². The van der Waals surface area contributed by atoms with E-state index >= 15 is 0 Å². The first kappa shape index (κ1) is 11.5. The number of rotatable bonds is 8. The molecule has 0 aliphatic rings. The van der Waals surface area contributed by atoms with Gasteiger partial charge in [-0.1, -0.05) is 19.9 Å². The Morgan fingerprint density at radius 1 is 1.33 bits per heavy atom. The summed E-state index contributed by atoms with van der Waals surface area (Å²) in [5, 5.41) is 3.28. The van der Waals surface area contributed by atoms with E-state index in [0.29, 0.717) is 0 Å². The van der Waals surface area contributed by atoms with Crippen LogP contribution < -0.4 is 11.1 Å². The van der Waals surface area contributed by atoms with E-state index in [1.165, 1.54) is 25.0 Å². The van der Waals surface area contributed by atoms with E-state index in [1.807, 2.05) is 0 Å². The molecule has 0 radical (unpaired) electrons. The molecule has 12 heavy (non-hydrogen) atoms. The second kappa shape index (κ2) is 8.60. The van der Waals surface area contributed by atoms with Gasteiger partial charge in [0.2, 0.25) is 0 Å². The van der Waals surface area contributed by atoms with E-state index in [1.54, 1.807) is 0 Å². The summed E-state index contributed by atoms with van der Waals surface area (Å²) >= 11 is 0. The second-order valence-electron chi connectivity index (χ2n) is 3.13. The van der Waals surface area contributed by atoms with Gasteiger partial charge in [0.25, 0.3) is 0 Å². The Kier molecular flexibility index (Phi) is 8.24. The standard InChI is InChI=1S/C10H22N2/c1-3-9-12-10(2)7-5-4-6-8-11/h12H,2-9,11H2,1H3. The smallest absolute Gasteiger partial charge is 0.0141 e. The molecule has 0 aliphatic carbocycles. The average molecular weight is 170 g/mol. The molecule has 0 unspecified atom stereocenters. The first-order valence-electron chi connectivity index (χ1n) is 4.93. The Morgan fingerprint density at radius 3 is 2.67 bits per heavy atom. The topological polar surface area (TPSA) is 38.0 Å². The van der Waals surface area contributed by atoms with Gasteiger partial charge in [0.15, 0.2) is 0 Å². The minimum atomic E-state index is 0.814. The highest BCUT2D eigenvalue weighted by atomic mass is 14.9. The number of unbranched alkanes of at least 4 members (excludes halogenated alkanes) is 2. The van der Waals surface area contributed by atoms with Crippen LogP contribution in [-0.2, 0) is 0 Å². The van der Waals surface area contributed by atoms with Crippen LogP contribution >= 0.6 is 0 Å². The molecule has 2 nitrogen and oxygen atoms in total. The molecule has 0 aromatic rings. The molecule has 0 saturated heterocycles. The predicted molar refractivity (Wildman–Crippen MR) is 55.0 cm³/mol. The zero-order valence-electron chi connectivity index (χ0n) is 8.23. The third kappa shape index (κ3) is 7.61. The van der Waals surface area contributed by atoms with Gasteiger partial charge in [-0.2, -0.15) is 0 Å². The van der Waals surface area contributed by atoms with E-state index in [-0.39, 0.29) is 0 Å². The molecular weight excluding hydrogens is 148 g/mol. The maximum atomic E-state index is 5.39. The van der Waals surface area contributed by atoms with Gasteiger partial charge in [-0.05, 0) is 32.2 Å². The molecule has 0 aliphatic heterocycles. The number of hydrogen-bond acceptors (Lipinski definition) is 2. The zero-order chi connectivity index (χ0) is 9.23. The van der Waals surface area contributed by atoms with Gasteiger partial charge < -0.3 is 11.1 Å². The summed E-state index contributed by atoms with van der Waals surface area (Å²) in [6.45, 7) is 7.97. The van der Waals surface area contributed by atoms with Crippen LogP contribution in [0.5, 0.6) is 0 Å². The first-order valence-corrected chi connectivity index (χ1v) is 4.93. The molecule has 2 heteroatoms. The summed E-state index contributed by atoms with van der Waals surface area (Å²) in [7, 11) is 0. The summed E-state index contributed by atoms with van der Waals surface area (Å²) < 4.78 is 0. The number of nitrogens with two attached hydrogens (primary N) is 1. The molecule has 72 valence electrons. The molecule has 0 heterocycles. The van der Waals surface area contributed by atoms with Crippen molar-refractivity contribution in [3.63, 3.8) is 0 Å². The minimum absolute atomic E-state index is 0.814. The van der Waals surface area contributed by atoms with Gasteiger partial charge in [0.05, 0.1) is 0 Å². The van der Waals surface area contributed by atoms with E-state index in [4.69, 9.17) is 5.73 Å². The Labute approximate surface area is 76.2 Å². The highest BCUT2D eigenvalue weighted by Crippen LogP contribution is 2.03. The van der Waals surface area contributed by atoms with Gasteiger partial charge >= 0.3 is 0 Å². The Bertz CT molecular complexity index is 110. The Hall–Kier alpha value is -0.500. The monoisotopic (exact) mass is 170 g/mol. The van der Waals surface area contributed by atoms with Crippen LogP contribution in [0.25, 0.3) is 0 Å².